The quantitative estimate of drug-likeness (QED) is 0.699. The predicted molar refractivity (Wildman–Crippen MR) is 82.0 cm³/mol. The van der Waals surface area contributed by atoms with Crippen LogP contribution >= 0.6 is 22.9 Å². The molecule has 0 fully saturated rings. The molecule has 1 heterocycles. The Morgan fingerprint density at radius 3 is 2.43 bits per heavy atom. The lowest BCUT2D eigenvalue weighted by atomic mass is 10.0. The van der Waals surface area contributed by atoms with Crippen LogP contribution in [0.25, 0.3) is 0 Å². The SMILES string of the molecule is CC(C)C(Nc1ccc(Cl)cc1C(F)(F)F)c1cccs1. The zero-order valence-electron chi connectivity index (χ0n) is 11.5. The number of hydrogen-bond acceptors (Lipinski definition) is 2. The van der Waals surface area contributed by atoms with E-state index in [1.165, 1.54) is 23.5 Å². The van der Waals surface area contributed by atoms with E-state index in [0.717, 1.165) is 10.9 Å². The number of rotatable bonds is 4. The predicted octanol–water partition coefficient (Wildman–Crippen LogP) is 6.23. The van der Waals surface area contributed by atoms with Crippen molar-refractivity contribution in [2.75, 3.05) is 5.32 Å². The maximum atomic E-state index is 13.1. The molecule has 1 nitrogen and oxygen atoms in total. The molecule has 0 bridgehead atoms. The van der Waals surface area contributed by atoms with Gasteiger partial charge in [0.25, 0.3) is 0 Å². The van der Waals surface area contributed by atoms with Crippen molar-refractivity contribution in [2.45, 2.75) is 26.1 Å². The van der Waals surface area contributed by atoms with Crippen LogP contribution in [0.1, 0.15) is 30.3 Å². The minimum Gasteiger partial charge on any atom is -0.377 e. The van der Waals surface area contributed by atoms with E-state index in [1.807, 2.05) is 31.4 Å². The first kappa shape index (κ1) is 16.2. The van der Waals surface area contributed by atoms with Gasteiger partial charge >= 0.3 is 6.18 Å². The van der Waals surface area contributed by atoms with Crippen LogP contribution < -0.4 is 5.32 Å². The summed E-state index contributed by atoms with van der Waals surface area (Å²) in [4.78, 5) is 1.01. The van der Waals surface area contributed by atoms with Crippen molar-refractivity contribution in [3.63, 3.8) is 0 Å². The fourth-order valence-corrected chi connectivity index (χ4v) is 3.20. The van der Waals surface area contributed by atoms with E-state index >= 15 is 0 Å². The lowest BCUT2D eigenvalue weighted by Gasteiger charge is -2.24. The second-order valence-electron chi connectivity index (χ2n) is 5.07. The lowest BCUT2D eigenvalue weighted by molar-refractivity contribution is -0.137. The largest absolute Gasteiger partial charge is 0.418 e. The van der Waals surface area contributed by atoms with Crippen LogP contribution in [0.3, 0.4) is 0 Å². The Morgan fingerprint density at radius 1 is 1.19 bits per heavy atom. The van der Waals surface area contributed by atoms with Gasteiger partial charge in [0.15, 0.2) is 0 Å². The summed E-state index contributed by atoms with van der Waals surface area (Å²) in [5, 5.41) is 5.00. The monoisotopic (exact) mass is 333 g/mol. The van der Waals surface area contributed by atoms with Crippen LogP contribution in [0.5, 0.6) is 0 Å². The number of thiophene rings is 1. The van der Waals surface area contributed by atoms with Gasteiger partial charge in [-0.05, 0) is 35.6 Å². The minimum absolute atomic E-state index is 0.0546. The van der Waals surface area contributed by atoms with Gasteiger partial charge in [0.05, 0.1) is 11.6 Å². The first-order valence-corrected chi connectivity index (χ1v) is 7.71. The Hall–Kier alpha value is -1.20. The molecule has 0 aliphatic heterocycles. The molecule has 114 valence electrons. The standard InChI is InChI=1S/C15H15ClF3NS/c1-9(2)14(13-4-3-7-21-13)20-12-6-5-10(16)8-11(12)15(17,18)19/h3-9,14,20H,1-2H3. The summed E-state index contributed by atoms with van der Waals surface area (Å²) in [6.45, 7) is 3.95. The molecule has 1 N–H and O–H groups in total. The molecule has 0 radical (unpaired) electrons. The third kappa shape index (κ3) is 3.92. The van der Waals surface area contributed by atoms with Crippen LogP contribution in [-0.2, 0) is 6.18 Å². The van der Waals surface area contributed by atoms with E-state index in [9.17, 15) is 13.2 Å². The highest BCUT2D eigenvalue weighted by molar-refractivity contribution is 7.10. The smallest absolute Gasteiger partial charge is 0.377 e. The van der Waals surface area contributed by atoms with Gasteiger partial charge in [0, 0.05) is 15.6 Å². The molecule has 0 aliphatic rings. The number of alkyl halides is 3. The second-order valence-corrected chi connectivity index (χ2v) is 6.48. The molecule has 0 amide bonds. The highest BCUT2D eigenvalue weighted by Crippen LogP contribution is 2.39. The highest BCUT2D eigenvalue weighted by Gasteiger charge is 2.34. The number of benzene rings is 1. The van der Waals surface area contributed by atoms with Crippen molar-refractivity contribution in [3.05, 3.63) is 51.2 Å². The van der Waals surface area contributed by atoms with Gasteiger partial charge in [-0.1, -0.05) is 31.5 Å². The molecule has 1 atom stereocenters. The summed E-state index contributed by atoms with van der Waals surface area (Å²) < 4.78 is 39.4. The molecule has 0 aliphatic carbocycles. The van der Waals surface area contributed by atoms with Crippen LogP contribution in [-0.4, -0.2) is 0 Å². The molecule has 21 heavy (non-hydrogen) atoms. The van der Waals surface area contributed by atoms with Gasteiger partial charge in [0.1, 0.15) is 0 Å². The Kier molecular flexibility index (Phi) is 4.84. The highest BCUT2D eigenvalue weighted by atomic mass is 35.5. The first-order chi connectivity index (χ1) is 9.79. The third-order valence-corrected chi connectivity index (χ3v) is 4.30. The van der Waals surface area contributed by atoms with Crippen molar-refractivity contribution >= 4 is 28.6 Å². The summed E-state index contributed by atoms with van der Waals surface area (Å²) in [6, 6.07) is 7.44. The Labute approximate surface area is 130 Å². The molecule has 6 heteroatoms. The zero-order valence-corrected chi connectivity index (χ0v) is 13.1. The average molecular weight is 334 g/mol. The fourth-order valence-electron chi connectivity index (χ4n) is 2.08. The second kappa shape index (κ2) is 6.28. The number of anilines is 1. The van der Waals surface area contributed by atoms with Crippen LogP contribution in [0.4, 0.5) is 18.9 Å². The van der Waals surface area contributed by atoms with E-state index in [0.29, 0.717) is 0 Å². The molecule has 1 unspecified atom stereocenters. The summed E-state index contributed by atoms with van der Waals surface area (Å²) >= 11 is 7.22. The summed E-state index contributed by atoms with van der Waals surface area (Å²) in [5.74, 6) is 0.153. The molecule has 2 rings (SSSR count). The first-order valence-electron chi connectivity index (χ1n) is 6.45. The van der Waals surface area contributed by atoms with Crippen LogP contribution in [0.2, 0.25) is 5.02 Å². The molecule has 0 saturated heterocycles. The van der Waals surface area contributed by atoms with E-state index in [1.54, 1.807) is 0 Å². The minimum atomic E-state index is -4.44. The fraction of sp³-hybridized carbons (Fsp3) is 0.333. The number of nitrogens with one attached hydrogen (secondary N) is 1. The molecular weight excluding hydrogens is 319 g/mol. The van der Waals surface area contributed by atoms with Crippen molar-refractivity contribution in [2.24, 2.45) is 5.92 Å². The average Bonchev–Trinajstić information content (AvgIpc) is 2.89. The zero-order chi connectivity index (χ0) is 15.6. The molecular formula is C15H15ClF3NS. The Morgan fingerprint density at radius 2 is 1.90 bits per heavy atom. The van der Waals surface area contributed by atoms with Crippen molar-refractivity contribution in [3.8, 4) is 0 Å². The summed E-state index contributed by atoms with van der Waals surface area (Å²) in [6.07, 6.45) is -4.44. The topological polar surface area (TPSA) is 12.0 Å². The molecule has 2 aromatic rings. The van der Waals surface area contributed by atoms with Gasteiger partial charge in [-0.3, -0.25) is 0 Å². The Bertz CT molecular complexity index is 593. The van der Waals surface area contributed by atoms with Crippen LogP contribution in [0.15, 0.2) is 35.7 Å². The number of hydrogen-bond donors (Lipinski definition) is 1. The van der Waals surface area contributed by atoms with E-state index < -0.39 is 11.7 Å². The molecule has 0 saturated carbocycles. The van der Waals surface area contributed by atoms with Crippen molar-refractivity contribution in [1.82, 2.24) is 0 Å². The van der Waals surface area contributed by atoms with E-state index in [4.69, 9.17) is 11.6 Å². The third-order valence-electron chi connectivity index (χ3n) is 3.11. The van der Waals surface area contributed by atoms with E-state index in [-0.39, 0.29) is 22.7 Å². The van der Waals surface area contributed by atoms with Gasteiger partial charge in [0.2, 0.25) is 0 Å². The Balaban J connectivity index is 2.38. The molecule has 0 spiro atoms. The lowest BCUT2D eigenvalue weighted by Crippen LogP contribution is -2.18. The van der Waals surface area contributed by atoms with Crippen molar-refractivity contribution in [1.29, 1.82) is 0 Å². The number of halogens is 4. The molecule has 1 aromatic carbocycles. The van der Waals surface area contributed by atoms with E-state index in [2.05, 4.69) is 5.32 Å². The summed E-state index contributed by atoms with van der Waals surface area (Å²) in [5.41, 5.74) is -0.684. The van der Waals surface area contributed by atoms with Gasteiger partial charge < -0.3 is 5.32 Å². The normalized spacial score (nSPS) is 13.5. The maximum absolute atomic E-state index is 13.1. The van der Waals surface area contributed by atoms with Gasteiger partial charge in [-0.15, -0.1) is 11.3 Å². The van der Waals surface area contributed by atoms with Crippen molar-refractivity contribution < 1.29 is 13.2 Å². The maximum Gasteiger partial charge on any atom is 0.418 e. The summed E-state index contributed by atoms with van der Waals surface area (Å²) in [7, 11) is 0. The van der Waals surface area contributed by atoms with Gasteiger partial charge in [-0.25, -0.2) is 0 Å². The van der Waals surface area contributed by atoms with Gasteiger partial charge in [-0.2, -0.15) is 13.2 Å². The van der Waals surface area contributed by atoms with Crippen LogP contribution in [0, 0.1) is 5.92 Å². The molecule has 1 aromatic heterocycles.